The van der Waals surface area contributed by atoms with Crippen molar-refractivity contribution in [3.05, 3.63) is 0 Å². The Kier molecular flexibility index (Phi) is 4.93. The average molecular weight is 268 g/mol. The van der Waals surface area contributed by atoms with Crippen LogP contribution < -0.4 is 5.32 Å². The van der Waals surface area contributed by atoms with Crippen LogP contribution in [0.25, 0.3) is 0 Å². The molecule has 2 unspecified atom stereocenters. The maximum absolute atomic E-state index is 12.2. The van der Waals surface area contributed by atoms with Gasteiger partial charge in [0.2, 0.25) is 5.91 Å². The zero-order valence-corrected chi connectivity index (χ0v) is 11.9. The van der Waals surface area contributed by atoms with E-state index in [2.05, 4.69) is 10.2 Å². The van der Waals surface area contributed by atoms with Gasteiger partial charge >= 0.3 is 0 Å². The molecule has 2 aliphatic rings. The van der Waals surface area contributed by atoms with Gasteiger partial charge in [-0.25, -0.2) is 0 Å². The Hall–Kier alpha value is -0.940. The zero-order chi connectivity index (χ0) is 13.8. The molecule has 1 saturated heterocycles. The number of amides is 1. The lowest BCUT2D eigenvalue weighted by Crippen LogP contribution is -2.58. The molecular formula is C14H24N2O3. The first-order chi connectivity index (χ1) is 9.08. The molecule has 0 radical (unpaired) electrons. The highest BCUT2D eigenvalue weighted by Gasteiger charge is 2.36. The number of rotatable bonds is 3. The monoisotopic (exact) mass is 268 g/mol. The molecule has 0 bridgehead atoms. The number of carbonyl (C=O) groups is 2. The third kappa shape index (κ3) is 3.76. The van der Waals surface area contributed by atoms with Crippen LogP contribution in [0.4, 0.5) is 0 Å². The normalized spacial score (nSPS) is 29.5. The second kappa shape index (κ2) is 6.48. The van der Waals surface area contributed by atoms with Crippen molar-refractivity contribution >= 4 is 11.7 Å². The second-order valence-electron chi connectivity index (χ2n) is 5.78. The van der Waals surface area contributed by atoms with Crippen LogP contribution in [-0.4, -0.2) is 54.5 Å². The van der Waals surface area contributed by atoms with Crippen LogP contribution >= 0.6 is 0 Å². The van der Waals surface area contributed by atoms with Crippen molar-refractivity contribution in [2.45, 2.75) is 57.7 Å². The Morgan fingerprint density at radius 1 is 1.47 bits per heavy atom. The van der Waals surface area contributed by atoms with Crippen molar-refractivity contribution in [3.63, 3.8) is 0 Å². The van der Waals surface area contributed by atoms with Gasteiger partial charge in [0.1, 0.15) is 11.8 Å². The highest BCUT2D eigenvalue weighted by Crippen LogP contribution is 2.23. The summed E-state index contributed by atoms with van der Waals surface area (Å²) < 4.78 is 5.45. The summed E-state index contributed by atoms with van der Waals surface area (Å²) in [4.78, 5) is 26.0. The number of carbonyl (C=O) groups excluding carboxylic acids is 2. The van der Waals surface area contributed by atoms with Crippen LogP contribution in [0.3, 0.4) is 0 Å². The van der Waals surface area contributed by atoms with Gasteiger partial charge in [-0.05, 0) is 26.7 Å². The van der Waals surface area contributed by atoms with Gasteiger partial charge in [-0.3, -0.25) is 14.5 Å². The lowest BCUT2D eigenvalue weighted by Gasteiger charge is -2.41. The van der Waals surface area contributed by atoms with Crippen molar-refractivity contribution in [2.75, 3.05) is 19.8 Å². The number of nitrogens with one attached hydrogen (secondary N) is 1. The average Bonchev–Trinajstić information content (AvgIpc) is 2.38. The molecule has 2 rings (SSSR count). The Balaban J connectivity index is 2.02. The summed E-state index contributed by atoms with van der Waals surface area (Å²) in [5.74, 6) is 0.346. The molecule has 0 aromatic heterocycles. The fourth-order valence-corrected chi connectivity index (χ4v) is 2.95. The summed E-state index contributed by atoms with van der Waals surface area (Å²) in [6, 6.07) is 0.101. The van der Waals surface area contributed by atoms with E-state index in [-0.39, 0.29) is 24.0 Å². The minimum absolute atomic E-state index is 0.0210. The number of morpholine rings is 1. The number of ketones is 1. The molecule has 5 nitrogen and oxygen atoms in total. The quantitative estimate of drug-likeness (QED) is 0.819. The Morgan fingerprint density at radius 2 is 2.26 bits per heavy atom. The van der Waals surface area contributed by atoms with E-state index in [1.165, 1.54) is 0 Å². The van der Waals surface area contributed by atoms with Crippen LogP contribution in [0.15, 0.2) is 0 Å². The molecule has 2 fully saturated rings. The summed E-state index contributed by atoms with van der Waals surface area (Å²) in [6.07, 6.45) is 3.24. The van der Waals surface area contributed by atoms with Gasteiger partial charge in [0.15, 0.2) is 0 Å². The van der Waals surface area contributed by atoms with Crippen molar-refractivity contribution in [1.82, 2.24) is 10.2 Å². The summed E-state index contributed by atoms with van der Waals surface area (Å²) >= 11 is 0. The van der Waals surface area contributed by atoms with Gasteiger partial charge < -0.3 is 10.1 Å². The SMILES string of the molecule is CC(C)NC(=O)C1COCCN1C1CCCC(=O)C1. The minimum atomic E-state index is -0.243. The molecule has 1 aliphatic carbocycles. The number of hydrogen-bond acceptors (Lipinski definition) is 4. The van der Waals surface area contributed by atoms with Gasteiger partial charge in [-0.15, -0.1) is 0 Å². The number of Topliss-reactive ketones (excluding diaryl/α,β-unsaturated/α-hetero) is 1. The van der Waals surface area contributed by atoms with E-state index in [0.29, 0.717) is 31.8 Å². The van der Waals surface area contributed by atoms with Crippen molar-refractivity contribution in [2.24, 2.45) is 0 Å². The Bertz CT molecular complexity index is 344. The third-order valence-electron chi connectivity index (χ3n) is 3.83. The number of ether oxygens (including phenoxy) is 1. The molecule has 1 aliphatic heterocycles. The first kappa shape index (κ1) is 14.5. The molecule has 0 aromatic carbocycles. The van der Waals surface area contributed by atoms with E-state index in [0.717, 1.165) is 19.4 Å². The van der Waals surface area contributed by atoms with Gasteiger partial charge in [0, 0.05) is 31.5 Å². The van der Waals surface area contributed by atoms with Gasteiger partial charge in [-0.1, -0.05) is 0 Å². The molecule has 2 atom stereocenters. The standard InChI is InChI=1S/C14H24N2O3/c1-10(2)15-14(18)13-9-19-7-6-16(13)11-4-3-5-12(17)8-11/h10-11,13H,3-9H2,1-2H3,(H,15,18). The molecule has 0 spiro atoms. The second-order valence-corrected chi connectivity index (χ2v) is 5.78. The summed E-state index contributed by atoms with van der Waals surface area (Å²) in [5.41, 5.74) is 0. The van der Waals surface area contributed by atoms with Crippen LogP contribution in [0.5, 0.6) is 0 Å². The molecule has 1 heterocycles. The van der Waals surface area contributed by atoms with Gasteiger partial charge in [0.25, 0.3) is 0 Å². The predicted octanol–water partition coefficient (Wildman–Crippen LogP) is 0.723. The largest absolute Gasteiger partial charge is 0.378 e. The zero-order valence-electron chi connectivity index (χ0n) is 11.9. The minimum Gasteiger partial charge on any atom is -0.378 e. The maximum atomic E-state index is 12.2. The van der Waals surface area contributed by atoms with Crippen LogP contribution in [0, 0.1) is 0 Å². The Morgan fingerprint density at radius 3 is 2.95 bits per heavy atom. The number of hydrogen-bond donors (Lipinski definition) is 1. The number of nitrogens with zero attached hydrogens (tertiary/aromatic N) is 1. The molecule has 0 aromatic rings. The third-order valence-corrected chi connectivity index (χ3v) is 3.83. The van der Waals surface area contributed by atoms with Crippen LogP contribution in [0.2, 0.25) is 0 Å². The lowest BCUT2D eigenvalue weighted by molar-refractivity contribution is -0.138. The fraction of sp³-hybridized carbons (Fsp3) is 0.857. The molecular weight excluding hydrogens is 244 g/mol. The van der Waals surface area contributed by atoms with Gasteiger partial charge in [-0.2, -0.15) is 0 Å². The topological polar surface area (TPSA) is 58.6 Å². The molecule has 1 saturated carbocycles. The summed E-state index contributed by atoms with van der Waals surface area (Å²) in [6.45, 7) is 5.74. The van der Waals surface area contributed by atoms with E-state index >= 15 is 0 Å². The summed E-state index contributed by atoms with van der Waals surface area (Å²) in [7, 11) is 0. The molecule has 5 heteroatoms. The highest BCUT2D eigenvalue weighted by atomic mass is 16.5. The molecule has 1 amide bonds. The van der Waals surface area contributed by atoms with E-state index in [4.69, 9.17) is 4.74 Å². The first-order valence-electron chi connectivity index (χ1n) is 7.23. The van der Waals surface area contributed by atoms with E-state index in [1.807, 2.05) is 13.8 Å². The van der Waals surface area contributed by atoms with Crippen LogP contribution in [-0.2, 0) is 14.3 Å². The van der Waals surface area contributed by atoms with E-state index in [9.17, 15) is 9.59 Å². The lowest BCUT2D eigenvalue weighted by atomic mass is 9.91. The fourth-order valence-electron chi connectivity index (χ4n) is 2.95. The van der Waals surface area contributed by atoms with Crippen LogP contribution in [0.1, 0.15) is 39.5 Å². The smallest absolute Gasteiger partial charge is 0.239 e. The van der Waals surface area contributed by atoms with Crippen molar-refractivity contribution in [1.29, 1.82) is 0 Å². The molecule has 108 valence electrons. The van der Waals surface area contributed by atoms with Crippen molar-refractivity contribution in [3.8, 4) is 0 Å². The maximum Gasteiger partial charge on any atom is 0.239 e. The van der Waals surface area contributed by atoms with Gasteiger partial charge in [0.05, 0.1) is 13.2 Å². The Labute approximate surface area is 114 Å². The van der Waals surface area contributed by atoms with E-state index in [1.54, 1.807) is 0 Å². The molecule has 19 heavy (non-hydrogen) atoms. The first-order valence-corrected chi connectivity index (χ1v) is 7.23. The highest BCUT2D eigenvalue weighted by molar-refractivity contribution is 5.83. The van der Waals surface area contributed by atoms with E-state index < -0.39 is 0 Å². The predicted molar refractivity (Wildman–Crippen MR) is 71.9 cm³/mol. The molecule has 1 N–H and O–H groups in total. The summed E-state index contributed by atoms with van der Waals surface area (Å²) in [5, 5.41) is 2.95. The van der Waals surface area contributed by atoms with Crippen molar-refractivity contribution < 1.29 is 14.3 Å².